The van der Waals surface area contributed by atoms with Crippen LogP contribution >= 0.6 is 11.6 Å². The van der Waals surface area contributed by atoms with Gasteiger partial charge in [0.2, 0.25) is 0 Å². The number of ether oxygens (including phenoxy) is 1. The van der Waals surface area contributed by atoms with Crippen LogP contribution in [0.15, 0.2) is 24.3 Å². The zero-order valence-corrected chi connectivity index (χ0v) is 23.9. The highest BCUT2D eigenvalue weighted by Gasteiger charge is 2.61. The molecule has 208 valence electrons. The van der Waals surface area contributed by atoms with Crippen molar-refractivity contribution in [2.24, 2.45) is 12.8 Å². The van der Waals surface area contributed by atoms with E-state index in [0.29, 0.717) is 48.6 Å². The van der Waals surface area contributed by atoms with Crippen LogP contribution in [-0.2, 0) is 34.6 Å². The molecule has 2 amide bonds. The first kappa shape index (κ1) is 28.5. The number of nitrogens with two attached hydrogens (primary N) is 1. The lowest BCUT2D eigenvalue weighted by atomic mass is 10.0. The molecule has 1 fully saturated rings. The van der Waals surface area contributed by atoms with E-state index in [4.69, 9.17) is 22.1 Å². The molecule has 2 aromatic rings. The minimum Gasteiger partial charge on any atom is -0.378 e. The van der Waals surface area contributed by atoms with Crippen molar-refractivity contribution in [2.75, 3.05) is 26.3 Å². The number of amides is 2. The number of benzene rings is 1. The SMILES string of the molecule is C[C@@H](N)COCC(C)(C)S(=O)(=O)C1(CN2CCc3c(C(=O)NCc4ccc(Cl)cc4)nn(C)c3C2=O)CC1. The van der Waals surface area contributed by atoms with Crippen molar-refractivity contribution in [2.45, 2.75) is 62.1 Å². The Morgan fingerprint density at radius 1 is 1.29 bits per heavy atom. The Balaban J connectivity index is 1.46. The molecule has 12 heteroatoms. The topological polar surface area (TPSA) is 137 Å². The molecule has 2 heterocycles. The van der Waals surface area contributed by atoms with Crippen molar-refractivity contribution < 1.29 is 22.7 Å². The molecule has 0 saturated heterocycles. The summed E-state index contributed by atoms with van der Waals surface area (Å²) in [5, 5.41) is 7.81. The van der Waals surface area contributed by atoms with E-state index in [9.17, 15) is 18.0 Å². The van der Waals surface area contributed by atoms with Gasteiger partial charge in [0.25, 0.3) is 11.8 Å². The Bertz CT molecular complexity index is 1320. The van der Waals surface area contributed by atoms with Crippen molar-refractivity contribution >= 4 is 33.3 Å². The predicted molar refractivity (Wildman–Crippen MR) is 145 cm³/mol. The number of aryl methyl sites for hydroxylation is 1. The fourth-order valence-electron chi connectivity index (χ4n) is 4.93. The Kier molecular flexibility index (Phi) is 7.96. The van der Waals surface area contributed by atoms with E-state index in [1.807, 2.05) is 12.1 Å². The first-order chi connectivity index (χ1) is 17.8. The van der Waals surface area contributed by atoms with Gasteiger partial charge >= 0.3 is 0 Å². The van der Waals surface area contributed by atoms with E-state index >= 15 is 0 Å². The standard InChI is InChI=1S/C26H36ClN5O5S/c1-17(28)14-37-16-25(2,3)38(35,36)26(10-11-26)15-32-12-9-20-21(30-31(4)22(20)24(32)34)23(33)29-13-18-5-7-19(27)8-6-18/h5-8,17H,9-16,28H2,1-4H3,(H,29,33)/t17-/m1/s1. The normalized spacial score (nSPS) is 17.7. The van der Waals surface area contributed by atoms with Gasteiger partial charge in [-0.3, -0.25) is 14.3 Å². The van der Waals surface area contributed by atoms with Gasteiger partial charge in [0, 0.05) is 43.3 Å². The zero-order valence-electron chi connectivity index (χ0n) is 22.3. The maximum Gasteiger partial charge on any atom is 0.272 e. The highest BCUT2D eigenvalue weighted by atomic mass is 35.5. The van der Waals surface area contributed by atoms with Crippen LogP contribution in [0.3, 0.4) is 0 Å². The highest BCUT2D eigenvalue weighted by Crippen LogP contribution is 2.49. The lowest BCUT2D eigenvalue weighted by molar-refractivity contribution is 0.0723. The number of fused-ring (bicyclic) bond motifs is 1. The van der Waals surface area contributed by atoms with E-state index < -0.39 is 19.3 Å². The molecule has 4 rings (SSSR count). The lowest BCUT2D eigenvalue weighted by Crippen LogP contribution is -2.52. The molecule has 2 aliphatic rings. The minimum atomic E-state index is -3.63. The number of halogens is 1. The molecule has 0 bridgehead atoms. The molecule has 1 saturated carbocycles. The van der Waals surface area contributed by atoms with Crippen molar-refractivity contribution in [3.63, 3.8) is 0 Å². The molecule has 10 nitrogen and oxygen atoms in total. The second-order valence-corrected chi connectivity index (χ2v) is 14.4. The molecule has 1 aliphatic carbocycles. The van der Waals surface area contributed by atoms with Crippen LogP contribution in [0, 0.1) is 0 Å². The number of hydrogen-bond donors (Lipinski definition) is 2. The van der Waals surface area contributed by atoms with Crippen molar-refractivity contribution in [1.29, 1.82) is 0 Å². The quantitative estimate of drug-likeness (QED) is 0.425. The van der Waals surface area contributed by atoms with E-state index in [-0.39, 0.29) is 43.3 Å². The van der Waals surface area contributed by atoms with Crippen LogP contribution in [-0.4, -0.2) is 76.8 Å². The summed E-state index contributed by atoms with van der Waals surface area (Å²) < 4.78 is 32.2. The van der Waals surface area contributed by atoms with Gasteiger partial charge in [0.15, 0.2) is 15.5 Å². The summed E-state index contributed by atoms with van der Waals surface area (Å²) in [7, 11) is -2.01. The van der Waals surface area contributed by atoms with Gasteiger partial charge in [0.1, 0.15) is 5.69 Å². The average Bonchev–Trinajstić information content (AvgIpc) is 3.56. The third-order valence-corrected chi connectivity index (χ3v) is 10.8. The van der Waals surface area contributed by atoms with Gasteiger partial charge in [-0.15, -0.1) is 0 Å². The summed E-state index contributed by atoms with van der Waals surface area (Å²) >= 11 is 5.92. The molecule has 0 radical (unpaired) electrons. The number of aromatic nitrogens is 2. The van der Waals surface area contributed by atoms with Crippen LogP contribution < -0.4 is 11.1 Å². The monoisotopic (exact) mass is 565 g/mol. The molecular formula is C26H36ClN5O5S. The molecule has 38 heavy (non-hydrogen) atoms. The molecule has 1 aromatic carbocycles. The number of nitrogens with one attached hydrogen (secondary N) is 1. The number of carbonyl (C=O) groups is 2. The average molecular weight is 566 g/mol. The van der Waals surface area contributed by atoms with Crippen LogP contribution in [0.4, 0.5) is 0 Å². The molecule has 1 aromatic heterocycles. The second-order valence-electron chi connectivity index (χ2n) is 11.0. The summed E-state index contributed by atoms with van der Waals surface area (Å²) in [5.74, 6) is -0.682. The Hall–Kier alpha value is -2.47. The number of carbonyl (C=O) groups excluding carboxylic acids is 2. The van der Waals surface area contributed by atoms with Crippen LogP contribution in [0.5, 0.6) is 0 Å². The maximum atomic E-state index is 13.7. The molecule has 1 atom stereocenters. The minimum absolute atomic E-state index is 0.0347. The summed E-state index contributed by atoms with van der Waals surface area (Å²) in [6.07, 6.45) is 1.40. The number of nitrogens with zero attached hydrogens (tertiary/aromatic N) is 3. The van der Waals surface area contributed by atoms with Crippen molar-refractivity contribution in [3.05, 3.63) is 51.8 Å². The molecule has 3 N–H and O–H groups in total. The Morgan fingerprint density at radius 3 is 2.55 bits per heavy atom. The van der Waals surface area contributed by atoms with Gasteiger partial charge < -0.3 is 20.7 Å². The molecule has 1 aliphatic heterocycles. The number of sulfone groups is 1. The predicted octanol–water partition coefficient (Wildman–Crippen LogP) is 2.09. The molecular weight excluding hydrogens is 530 g/mol. The smallest absolute Gasteiger partial charge is 0.272 e. The summed E-state index contributed by atoms with van der Waals surface area (Å²) in [4.78, 5) is 28.0. The van der Waals surface area contributed by atoms with Gasteiger partial charge in [-0.2, -0.15) is 5.10 Å². The third kappa shape index (κ3) is 5.47. The zero-order chi connectivity index (χ0) is 27.9. The van der Waals surface area contributed by atoms with Gasteiger partial charge in [-0.05, 0) is 57.7 Å². The molecule has 0 spiro atoms. The van der Waals surface area contributed by atoms with Crippen molar-refractivity contribution in [1.82, 2.24) is 20.0 Å². The van der Waals surface area contributed by atoms with Gasteiger partial charge in [0.05, 0.1) is 22.7 Å². The number of hydrogen-bond acceptors (Lipinski definition) is 7. The van der Waals surface area contributed by atoms with Crippen LogP contribution in [0.25, 0.3) is 0 Å². The van der Waals surface area contributed by atoms with E-state index in [1.165, 1.54) is 4.68 Å². The van der Waals surface area contributed by atoms with E-state index in [2.05, 4.69) is 10.4 Å². The fourth-order valence-corrected chi connectivity index (χ4v) is 7.43. The Morgan fingerprint density at radius 2 is 1.95 bits per heavy atom. The van der Waals surface area contributed by atoms with E-state index in [0.717, 1.165) is 5.56 Å². The summed E-state index contributed by atoms with van der Waals surface area (Å²) in [5.41, 5.74) is 7.74. The largest absolute Gasteiger partial charge is 0.378 e. The van der Waals surface area contributed by atoms with Crippen molar-refractivity contribution in [3.8, 4) is 0 Å². The first-order valence-corrected chi connectivity index (χ1v) is 14.6. The van der Waals surface area contributed by atoms with Crippen LogP contribution in [0.1, 0.15) is 65.7 Å². The highest BCUT2D eigenvalue weighted by molar-refractivity contribution is 7.94. The first-order valence-electron chi connectivity index (χ1n) is 12.7. The van der Waals surface area contributed by atoms with Gasteiger partial charge in [-0.25, -0.2) is 8.42 Å². The van der Waals surface area contributed by atoms with Crippen LogP contribution in [0.2, 0.25) is 5.02 Å². The third-order valence-electron chi connectivity index (χ3n) is 7.26. The fraction of sp³-hybridized carbons (Fsp3) is 0.577. The van der Waals surface area contributed by atoms with Gasteiger partial charge in [-0.1, -0.05) is 23.7 Å². The summed E-state index contributed by atoms with van der Waals surface area (Å²) in [6.45, 7) is 6.15. The van der Waals surface area contributed by atoms with E-state index in [1.54, 1.807) is 44.9 Å². The molecule has 0 unspecified atom stereocenters. The second kappa shape index (κ2) is 10.6. The summed E-state index contributed by atoms with van der Waals surface area (Å²) in [6, 6.07) is 6.96. The lowest BCUT2D eigenvalue weighted by Gasteiger charge is -2.35. The number of rotatable bonds is 11. The Labute approximate surface area is 228 Å². The maximum absolute atomic E-state index is 13.7.